The van der Waals surface area contributed by atoms with Crippen LogP contribution in [0.5, 0.6) is 17.2 Å². The van der Waals surface area contributed by atoms with E-state index in [2.05, 4.69) is 28.0 Å². The van der Waals surface area contributed by atoms with Crippen LogP contribution in [0.3, 0.4) is 0 Å². The zero-order valence-electron chi connectivity index (χ0n) is 16.8. The molecule has 0 aliphatic rings. The van der Waals surface area contributed by atoms with Gasteiger partial charge in [0.05, 0.1) is 29.9 Å². The smallest absolute Gasteiger partial charge is 0.289 e. The molecule has 154 valence electrons. The fourth-order valence-electron chi connectivity index (χ4n) is 2.47. The quantitative estimate of drug-likeness (QED) is 0.494. The van der Waals surface area contributed by atoms with Gasteiger partial charge < -0.3 is 14.2 Å². The largest absolute Gasteiger partial charge is 0.493 e. The van der Waals surface area contributed by atoms with Crippen molar-refractivity contribution in [2.45, 2.75) is 52.7 Å². The van der Waals surface area contributed by atoms with Gasteiger partial charge in [0.1, 0.15) is 6.61 Å². The minimum Gasteiger partial charge on any atom is -0.493 e. The average Bonchev–Trinajstić information content (AvgIpc) is 2.63. The molecule has 2 aromatic rings. The van der Waals surface area contributed by atoms with E-state index in [1.807, 2.05) is 32.9 Å². The van der Waals surface area contributed by atoms with Crippen molar-refractivity contribution < 1.29 is 14.2 Å². The molecule has 0 N–H and O–H groups in total. The lowest BCUT2D eigenvalue weighted by molar-refractivity contribution is 0.281. The van der Waals surface area contributed by atoms with E-state index in [1.165, 1.54) is 10.9 Å². The zero-order valence-corrected chi connectivity index (χ0v) is 19.2. The normalized spacial score (nSPS) is 11.4. The highest BCUT2D eigenvalue weighted by Crippen LogP contribution is 2.37. The molecule has 0 aliphatic carbocycles. The molecule has 0 atom stereocenters. The van der Waals surface area contributed by atoms with Crippen LogP contribution in [0.2, 0.25) is 5.02 Å². The van der Waals surface area contributed by atoms with Gasteiger partial charge in [0, 0.05) is 0 Å². The Morgan fingerprint density at radius 1 is 1.21 bits per heavy atom. The highest BCUT2D eigenvalue weighted by Gasteiger charge is 2.20. The maximum absolute atomic E-state index is 12.4. The van der Waals surface area contributed by atoms with Gasteiger partial charge in [-0.1, -0.05) is 24.9 Å². The fourth-order valence-corrected chi connectivity index (χ4v) is 3.26. The Morgan fingerprint density at radius 2 is 1.93 bits per heavy atom. The number of nitrogens with zero attached hydrogens (tertiary/aromatic N) is 2. The van der Waals surface area contributed by atoms with Crippen molar-refractivity contribution in [1.82, 2.24) is 9.78 Å². The molecule has 8 heteroatoms. The summed E-state index contributed by atoms with van der Waals surface area (Å²) in [7, 11) is 1.59. The number of benzene rings is 1. The Kier molecular flexibility index (Phi) is 7.78. The first-order valence-corrected chi connectivity index (χ1v) is 10.3. The van der Waals surface area contributed by atoms with Crippen LogP contribution in [-0.4, -0.2) is 23.5 Å². The molecule has 0 radical (unpaired) electrons. The van der Waals surface area contributed by atoms with Crippen molar-refractivity contribution in [3.63, 3.8) is 0 Å². The summed E-state index contributed by atoms with van der Waals surface area (Å²) in [6, 6.07) is 3.73. The Bertz CT molecular complexity index is 878. The summed E-state index contributed by atoms with van der Waals surface area (Å²) in [5.74, 6) is 1.51. The van der Waals surface area contributed by atoms with Crippen LogP contribution in [0.4, 0.5) is 0 Å². The molecule has 0 amide bonds. The van der Waals surface area contributed by atoms with Crippen LogP contribution in [0.25, 0.3) is 0 Å². The molecule has 6 nitrogen and oxygen atoms in total. The van der Waals surface area contributed by atoms with Gasteiger partial charge in [-0.3, -0.25) is 4.79 Å². The van der Waals surface area contributed by atoms with Crippen LogP contribution in [0.1, 0.15) is 46.1 Å². The SMILES string of the molecule is CCCCOc1c(Br)cc(COc2cnn(C(C)(C)C)c(=O)c2Cl)cc1OC. The first-order chi connectivity index (χ1) is 13.2. The van der Waals surface area contributed by atoms with Gasteiger partial charge in [-0.05, 0) is 60.8 Å². The first-order valence-electron chi connectivity index (χ1n) is 9.09. The van der Waals surface area contributed by atoms with Gasteiger partial charge in [-0.15, -0.1) is 0 Å². The average molecular weight is 474 g/mol. The van der Waals surface area contributed by atoms with Gasteiger partial charge in [-0.2, -0.15) is 5.10 Å². The molecule has 0 bridgehead atoms. The van der Waals surface area contributed by atoms with E-state index in [9.17, 15) is 4.79 Å². The second-order valence-electron chi connectivity index (χ2n) is 7.31. The van der Waals surface area contributed by atoms with Crippen LogP contribution < -0.4 is 19.8 Å². The van der Waals surface area contributed by atoms with Crippen molar-refractivity contribution in [2.24, 2.45) is 0 Å². The van der Waals surface area contributed by atoms with E-state index >= 15 is 0 Å². The molecular weight excluding hydrogens is 448 g/mol. The number of halogens is 2. The molecule has 1 aromatic carbocycles. The summed E-state index contributed by atoms with van der Waals surface area (Å²) in [6.45, 7) is 8.57. The molecule has 0 fully saturated rings. The summed E-state index contributed by atoms with van der Waals surface area (Å²) in [4.78, 5) is 12.4. The second kappa shape index (κ2) is 9.65. The van der Waals surface area contributed by atoms with E-state index in [1.54, 1.807) is 7.11 Å². The van der Waals surface area contributed by atoms with Crippen LogP contribution in [-0.2, 0) is 12.1 Å². The van der Waals surface area contributed by atoms with Crippen molar-refractivity contribution >= 4 is 27.5 Å². The predicted octanol–water partition coefficient (Wildman–Crippen LogP) is 5.18. The highest BCUT2D eigenvalue weighted by atomic mass is 79.9. The number of hydrogen-bond donors (Lipinski definition) is 0. The summed E-state index contributed by atoms with van der Waals surface area (Å²) < 4.78 is 19.1. The van der Waals surface area contributed by atoms with E-state index in [4.69, 9.17) is 25.8 Å². The van der Waals surface area contributed by atoms with Crippen molar-refractivity contribution in [3.8, 4) is 17.2 Å². The van der Waals surface area contributed by atoms with Crippen LogP contribution >= 0.6 is 27.5 Å². The van der Waals surface area contributed by atoms with E-state index in [0.29, 0.717) is 18.1 Å². The molecule has 0 unspecified atom stereocenters. The summed E-state index contributed by atoms with van der Waals surface area (Å²) in [6.07, 6.45) is 3.48. The molecule has 2 rings (SSSR count). The minimum absolute atomic E-state index is 0.00970. The Hall–Kier alpha value is -1.73. The molecule has 1 aromatic heterocycles. The topological polar surface area (TPSA) is 62.6 Å². The molecular formula is C20H26BrClN2O4. The summed E-state index contributed by atoms with van der Waals surface area (Å²) in [5.41, 5.74) is -0.0156. The lowest BCUT2D eigenvalue weighted by Crippen LogP contribution is -2.36. The lowest BCUT2D eigenvalue weighted by Gasteiger charge is -2.21. The lowest BCUT2D eigenvalue weighted by atomic mass is 10.1. The number of aromatic nitrogens is 2. The molecule has 0 saturated heterocycles. The highest BCUT2D eigenvalue weighted by molar-refractivity contribution is 9.10. The molecule has 0 aliphatic heterocycles. The number of unbranched alkanes of at least 4 members (excludes halogenated alkanes) is 1. The fraction of sp³-hybridized carbons (Fsp3) is 0.500. The summed E-state index contributed by atoms with van der Waals surface area (Å²) >= 11 is 9.73. The number of rotatable bonds is 8. The number of hydrogen-bond acceptors (Lipinski definition) is 5. The standard InChI is InChI=1S/C20H26BrClN2O4/c1-6-7-8-27-18-14(21)9-13(10-15(18)26-5)12-28-16-11-23-24(20(2,3)4)19(25)17(16)22/h9-11H,6-8,12H2,1-5H3. The molecule has 0 spiro atoms. The number of methoxy groups -OCH3 is 1. The molecule has 0 saturated carbocycles. The van der Waals surface area contributed by atoms with E-state index in [0.717, 1.165) is 22.9 Å². The molecule has 1 heterocycles. The van der Waals surface area contributed by atoms with Gasteiger partial charge in [0.2, 0.25) is 0 Å². The summed E-state index contributed by atoms with van der Waals surface area (Å²) in [5, 5.41) is 4.18. The van der Waals surface area contributed by atoms with Crippen molar-refractivity contribution in [3.05, 3.63) is 43.7 Å². The Balaban J connectivity index is 2.20. The van der Waals surface area contributed by atoms with Gasteiger partial charge in [0.25, 0.3) is 5.56 Å². The first kappa shape index (κ1) is 22.6. The maximum atomic E-state index is 12.4. The van der Waals surface area contributed by atoms with Gasteiger partial charge in [0.15, 0.2) is 22.3 Å². The number of ether oxygens (including phenoxy) is 3. The Labute approximate surface area is 178 Å². The van der Waals surface area contributed by atoms with Gasteiger partial charge >= 0.3 is 0 Å². The predicted molar refractivity (Wildman–Crippen MR) is 114 cm³/mol. The van der Waals surface area contributed by atoms with Crippen molar-refractivity contribution in [2.75, 3.05) is 13.7 Å². The van der Waals surface area contributed by atoms with E-state index in [-0.39, 0.29) is 22.9 Å². The Morgan fingerprint density at radius 3 is 2.54 bits per heavy atom. The zero-order chi connectivity index (χ0) is 20.9. The van der Waals surface area contributed by atoms with Crippen LogP contribution in [0, 0.1) is 0 Å². The maximum Gasteiger partial charge on any atom is 0.289 e. The van der Waals surface area contributed by atoms with Crippen molar-refractivity contribution in [1.29, 1.82) is 0 Å². The third-order valence-electron chi connectivity index (χ3n) is 3.95. The van der Waals surface area contributed by atoms with Crippen LogP contribution in [0.15, 0.2) is 27.6 Å². The monoisotopic (exact) mass is 472 g/mol. The van der Waals surface area contributed by atoms with E-state index < -0.39 is 5.54 Å². The molecule has 28 heavy (non-hydrogen) atoms. The third kappa shape index (κ3) is 5.41. The minimum atomic E-state index is -0.467. The second-order valence-corrected chi connectivity index (χ2v) is 8.54. The van der Waals surface area contributed by atoms with Gasteiger partial charge in [-0.25, -0.2) is 4.68 Å². The third-order valence-corrected chi connectivity index (χ3v) is 4.89.